The van der Waals surface area contributed by atoms with E-state index in [1.165, 1.54) is 27.3 Å². The molecule has 0 atom stereocenters. The van der Waals surface area contributed by atoms with Gasteiger partial charge in [0.05, 0.1) is 29.3 Å². The summed E-state index contributed by atoms with van der Waals surface area (Å²) in [5, 5.41) is 6.11. The van der Waals surface area contributed by atoms with Gasteiger partial charge >= 0.3 is 0 Å². The van der Waals surface area contributed by atoms with Crippen molar-refractivity contribution in [3.8, 4) is 5.75 Å². The van der Waals surface area contributed by atoms with Gasteiger partial charge < -0.3 is 15.4 Å². The van der Waals surface area contributed by atoms with Crippen molar-refractivity contribution in [2.45, 2.75) is 11.4 Å². The molecule has 1 amide bonds. The first kappa shape index (κ1) is 21.0. The topological polar surface area (TPSA) is 87.7 Å². The van der Waals surface area contributed by atoms with Crippen LogP contribution in [-0.4, -0.2) is 46.4 Å². The average Bonchev–Trinajstić information content (AvgIpc) is 2.64. The summed E-state index contributed by atoms with van der Waals surface area (Å²) in [6.45, 7) is 0.0791. The van der Waals surface area contributed by atoms with E-state index in [9.17, 15) is 13.2 Å². The fraction of sp³-hybridized carbons (Fsp3) is 0.278. The molecule has 0 bridgehead atoms. The third-order valence-electron chi connectivity index (χ3n) is 3.82. The second-order valence-corrected chi connectivity index (χ2v) is 8.37. The minimum atomic E-state index is -3.59. The van der Waals surface area contributed by atoms with Crippen molar-refractivity contribution in [2.24, 2.45) is 0 Å². The van der Waals surface area contributed by atoms with Gasteiger partial charge in [-0.1, -0.05) is 35.9 Å². The Morgan fingerprint density at radius 3 is 2.52 bits per heavy atom. The van der Waals surface area contributed by atoms with Crippen molar-refractivity contribution in [2.75, 3.05) is 33.1 Å². The SMILES string of the molecule is COc1c(Cl)cccc1NCC(=O)NCc1ccccc1S(=O)(=O)N(C)C. The zero-order chi connectivity index (χ0) is 20.0. The molecule has 2 rings (SSSR count). The van der Waals surface area contributed by atoms with Crippen molar-refractivity contribution >= 4 is 33.2 Å². The summed E-state index contributed by atoms with van der Waals surface area (Å²) < 4.78 is 31.1. The van der Waals surface area contributed by atoms with E-state index >= 15 is 0 Å². The Morgan fingerprint density at radius 1 is 1.15 bits per heavy atom. The number of anilines is 1. The monoisotopic (exact) mass is 411 g/mol. The molecule has 0 spiro atoms. The molecule has 7 nitrogen and oxygen atoms in total. The van der Waals surface area contributed by atoms with Crippen LogP contribution in [0.2, 0.25) is 5.02 Å². The summed E-state index contributed by atoms with van der Waals surface area (Å²) in [5.41, 5.74) is 1.11. The van der Waals surface area contributed by atoms with Gasteiger partial charge in [-0.05, 0) is 23.8 Å². The number of ether oxygens (including phenoxy) is 1. The first-order chi connectivity index (χ1) is 12.8. The van der Waals surface area contributed by atoms with Gasteiger partial charge in [0.15, 0.2) is 5.75 Å². The summed E-state index contributed by atoms with van der Waals surface area (Å²) in [5.74, 6) is 0.156. The van der Waals surface area contributed by atoms with Crippen molar-refractivity contribution in [3.05, 3.63) is 53.1 Å². The van der Waals surface area contributed by atoms with Crippen LogP contribution in [0.15, 0.2) is 47.4 Å². The lowest BCUT2D eigenvalue weighted by Gasteiger charge is -2.16. The molecule has 0 unspecified atom stereocenters. The number of methoxy groups -OCH3 is 1. The van der Waals surface area contributed by atoms with E-state index in [1.54, 1.807) is 36.4 Å². The fourth-order valence-corrected chi connectivity index (χ4v) is 3.75. The maximum absolute atomic E-state index is 12.4. The van der Waals surface area contributed by atoms with Crippen molar-refractivity contribution in [3.63, 3.8) is 0 Å². The Morgan fingerprint density at radius 2 is 1.85 bits per heavy atom. The maximum Gasteiger partial charge on any atom is 0.242 e. The number of sulfonamides is 1. The van der Waals surface area contributed by atoms with Gasteiger partial charge in [0.1, 0.15) is 0 Å². The van der Waals surface area contributed by atoms with Crippen LogP contribution < -0.4 is 15.4 Å². The lowest BCUT2D eigenvalue weighted by Crippen LogP contribution is -2.31. The van der Waals surface area contributed by atoms with Gasteiger partial charge in [-0.3, -0.25) is 4.79 Å². The number of carbonyl (C=O) groups excluding carboxylic acids is 1. The van der Waals surface area contributed by atoms with Crippen LogP contribution in [0.1, 0.15) is 5.56 Å². The molecule has 0 saturated heterocycles. The number of benzene rings is 2. The highest BCUT2D eigenvalue weighted by Crippen LogP contribution is 2.32. The number of rotatable bonds is 8. The zero-order valence-corrected chi connectivity index (χ0v) is 16.9. The van der Waals surface area contributed by atoms with Gasteiger partial charge in [0.2, 0.25) is 15.9 Å². The number of nitrogens with zero attached hydrogens (tertiary/aromatic N) is 1. The number of amides is 1. The minimum Gasteiger partial charge on any atom is -0.493 e. The molecule has 0 fully saturated rings. The molecule has 0 aliphatic rings. The molecular weight excluding hydrogens is 390 g/mol. The third-order valence-corrected chi connectivity index (χ3v) is 6.03. The standard InChI is InChI=1S/C18H22ClN3O4S/c1-22(2)27(24,25)16-10-5-4-7-13(16)11-21-17(23)12-20-15-9-6-8-14(19)18(15)26-3/h4-10,20H,11-12H2,1-3H3,(H,21,23). The minimum absolute atomic E-state index is 0.0146. The summed E-state index contributed by atoms with van der Waals surface area (Å²) in [6, 6.07) is 11.7. The molecule has 2 aromatic rings. The summed E-state index contributed by atoms with van der Waals surface area (Å²) in [7, 11) is 0.836. The number of halogens is 1. The lowest BCUT2D eigenvalue weighted by atomic mass is 10.2. The number of hydrogen-bond donors (Lipinski definition) is 2. The first-order valence-electron chi connectivity index (χ1n) is 8.11. The van der Waals surface area contributed by atoms with E-state index in [2.05, 4.69) is 10.6 Å². The smallest absolute Gasteiger partial charge is 0.242 e. The van der Waals surface area contributed by atoms with Crippen LogP contribution in [0.3, 0.4) is 0 Å². The van der Waals surface area contributed by atoms with Crippen LogP contribution in [0, 0.1) is 0 Å². The lowest BCUT2D eigenvalue weighted by molar-refractivity contribution is -0.119. The van der Waals surface area contributed by atoms with Gasteiger partial charge in [-0.15, -0.1) is 0 Å². The molecule has 0 heterocycles. The Bertz CT molecular complexity index is 917. The Hall–Kier alpha value is -2.29. The third kappa shape index (κ3) is 5.12. The maximum atomic E-state index is 12.4. The highest BCUT2D eigenvalue weighted by atomic mass is 35.5. The Kier molecular flexibility index (Phi) is 7.06. The van der Waals surface area contributed by atoms with E-state index in [0.29, 0.717) is 22.0 Å². The predicted molar refractivity (Wildman–Crippen MR) is 106 cm³/mol. The number of nitrogens with one attached hydrogen (secondary N) is 2. The summed E-state index contributed by atoms with van der Waals surface area (Å²) >= 11 is 6.05. The fourth-order valence-electron chi connectivity index (χ4n) is 2.39. The van der Waals surface area contributed by atoms with Crippen LogP contribution in [-0.2, 0) is 21.4 Å². The molecule has 9 heteroatoms. The zero-order valence-electron chi connectivity index (χ0n) is 15.3. The first-order valence-corrected chi connectivity index (χ1v) is 9.92. The largest absolute Gasteiger partial charge is 0.493 e. The molecule has 27 heavy (non-hydrogen) atoms. The van der Waals surface area contributed by atoms with E-state index in [1.807, 2.05) is 0 Å². The van der Waals surface area contributed by atoms with Crippen molar-refractivity contribution < 1.29 is 17.9 Å². The molecule has 0 radical (unpaired) electrons. The van der Waals surface area contributed by atoms with Gasteiger partial charge in [0, 0.05) is 20.6 Å². The second kappa shape index (κ2) is 9.07. The van der Waals surface area contributed by atoms with E-state index in [-0.39, 0.29) is 23.9 Å². The van der Waals surface area contributed by atoms with Crippen LogP contribution in [0.25, 0.3) is 0 Å². The molecule has 0 aliphatic heterocycles. The highest BCUT2D eigenvalue weighted by molar-refractivity contribution is 7.89. The molecule has 2 aromatic carbocycles. The Balaban J connectivity index is 2.02. The quantitative estimate of drug-likeness (QED) is 0.696. The average molecular weight is 412 g/mol. The highest BCUT2D eigenvalue weighted by Gasteiger charge is 2.20. The van der Waals surface area contributed by atoms with Crippen LogP contribution in [0.5, 0.6) is 5.75 Å². The van der Waals surface area contributed by atoms with Crippen molar-refractivity contribution in [1.82, 2.24) is 9.62 Å². The van der Waals surface area contributed by atoms with E-state index < -0.39 is 10.0 Å². The van der Waals surface area contributed by atoms with E-state index in [4.69, 9.17) is 16.3 Å². The molecule has 0 aromatic heterocycles. The van der Waals surface area contributed by atoms with Gasteiger partial charge in [-0.2, -0.15) is 0 Å². The molecule has 0 aliphatic carbocycles. The van der Waals surface area contributed by atoms with Crippen LogP contribution >= 0.6 is 11.6 Å². The molecule has 0 saturated carbocycles. The van der Waals surface area contributed by atoms with E-state index in [0.717, 1.165) is 4.31 Å². The summed E-state index contributed by atoms with van der Waals surface area (Å²) in [6.07, 6.45) is 0. The van der Waals surface area contributed by atoms with Crippen LogP contribution in [0.4, 0.5) is 5.69 Å². The second-order valence-electron chi connectivity index (χ2n) is 5.85. The molecule has 2 N–H and O–H groups in total. The number of carbonyl (C=O) groups is 1. The summed E-state index contributed by atoms with van der Waals surface area (Å²) in [4.78, 5) is 12.3. The normalized spacial score (nSPS) is 11.3. The number of para-hydroxylation sites is 1. The van der Waals surface area contributed by atoms with Crippen molar-refractivity contribution in [1.29, 1.82) is 0 Å². The molecular formula is C18H22ClN3O4S. The predicted octanol–water partition coefficient (Wildman–Crippen LogP) is 2.33. The molecule has 146 valence electrons. The Labute approximate surface area is 164 Å². The number of hydrogen-bond acceptors (Lipinski definition) is 5. The van der Waals surface area contributed by atoms with Gasteiger partial charge in [0.25, 0.3) is 0 Å². The van der Waals surface area contributed by atoms with Gasteiger partial charge in [-0.25, -0.2) is 12.7 Å².